The Morgan fingerprint density at radius 3 is 2.90 bits per heavy atom. The van der Waals surface area contributed by atoms with E-state index in [9.17, 15) is 14.3 Å². The molecule has 1 aliphatic rings. The van der Waals surface area contributed by atoms with Gasteiger partial charge in [0.15, 0.2) is 0 Å². The van der Waals surface area contributed by atoms with Crippen molar-refractivity contribution in [2.75, 3.05) is 0 Å². The summed E-state index contributed by atoms with van der Waals surface area (Å²) in [6.07, 6.45) is 8.05. The maximum atomic E-state index is 14.0. The van der Waals surface area contributed by atoms with Crippen molar-refractivity contribution in [2.45, 2.75) is 47.8 Å². The number of carboxylic acids is 1. The van der Waals surface area contributed by atoms with Gasteiger partial charge in [-0.3, -0.25) is 4.98 Å². The van der Waals surface area contributed by atoms with Gasteiger partial charge in [0, 0.05) is 22.2 Å². The fourth-order valence-electron chi connectivity index (χ4n) is 4.07. The predicted molar refractivity (Wildman–Crippen MR) is 112 cm³/mol. The fraction of sp³-hybridized carbons (Fsp3) is 0.250. The van der Waals surface area contributed by atoms with Gasteiger partial charge in [-0.15, -0.1) is 0 Å². The van der Waals surface area contributed by atoms with Crippen LogP contribution in [-0.2, 0) is 12.8 Å². The topological polar surface area (TPSA) is 50.2 Å². The van der Waals surface area contributed by atoms with Gasteiger partial charge in [-0.2, -0.15) is 0 Å². The molecule has 0 amide bonds. The van der Waals surface area contributed by atoms with Crippen molar-refractivity contribution < 1.29 is 14.3 Å². The normalized spacial score (nSPS) is 15.7. The van der Waals surface area contributed by atoms with Crippen molar-refractivity contribution in [2.24, 2.45) is 0 Å². The van der Waals surface area contributed by atoms with Crippen molar-refractivity contribution >= 4 is 17.7 Å². The molecule has 4 rings (SSSR count). The Bertz CT molecular complexity index is 1040. The number of benzene rings is 2. The van der Waals surface area contributed by atoms with Crippen LogP contribution >= 0.6 is 11.8 Å². The lowest BCUT2D eigenvalue weighted by molar-refractivity contribution is 0.0695. The number of pyridine rings is 1. The number of hydrogen-bond acceptors (Lipinski definition) is 3. The molecule has 0 aliphatic heterocycles. The van der Waals surface area contributed by atoms with E-state index in [0.29, 0.717) is 22.8 Å². The fourth-order valence-corrected chi connectivity index (χ4v) is 4.98. The molecule has 0 saturated heterocycles. The van der Waals surface area contributed by atoms with E-state index in [2.05, 4.69) is 23.2 Å². The Morgan fingerprint density at radius 2 is 2.07 bits per heavy atom. The molecule has 2 aromatic carbocycles. The number of carbonyl (C=O) groups is 1. The number of rotatable bonds is 6. The maximum Gasteiger partial charge on any atom is 0.336 e. The maximum absolute atomic E-state index is 14.0. The summed E-state index contributed by atoms with van der Waals surface area (Å²) >= 11 is 1.46. The molecule has 0 bridgehead atoms. The summed E-state index contributed by atoms with van der Waals surface area (Å²) in [4.78, 5) is 17.2. The Balaban J connectivity index is 1.50. The lowest BCUT2D eigenvalue weighted by Crippen LogP contribution is -2.12. The minimum atomic E-state index is -0.902. The van der Waals surface area contributed by atoms with Gasteiger partial charge in [-0.1, -0.05) is 30.0 Å². The van der Waals surface area contributed by atoms with Crippen LogP contribution in [0.2, 0.25) is 0 Å². The largest absolute Gasteiger partial charge is 0.478 e. The van der Waals surface area contributed by atoms with Crippen LogP contribution in [0.4, 0.5) is 4.39 Å². The number of aryl methyl sites for hydroxylation is 2. The van der Waals surface area contributed by atoms with E-state index < -0.39 is 5.97 Å². The highest BCUT2D eigenvalue weighted by Gasteiger charge is 2.21. The second-order valence-corrected chi connectivity index (χ2v) is 8.47. The molecule has 3 nitrogen and oxygen atoms in total. The number of carboxylic acid groups (broad SMARTS) is 1. The van der Waals surface area contributed by atoms with E-state index in [1.807, 2.05) is 6.07 Å². The van der Waals surface area contributed by atoms with Crippen LogP contribution < -0.4 is 0 Å². The van der Waals surface area contributed by atoms with E-state index in [-0.39, 0.29) is 5.82 Å². The molecule has 0 spiro atoms. The number of nitrogens with zero attached hydrogens (tertiary/aromatic N) is 1. The van der Waals surface area contributed by atoms with Crippen molar-refractivity contribution in [3.63, 3.8) is 0 Å². The third kappa shape index (κ3) is 4.51. The van der Waals surface area contributed by atoms with Crippen LogP contribution in [0.3, 0.4) is 0 Å². The Hall–Kier alpha value is -2.66. The first-order valence-electron chi connectivity index (χ1n) is 9.83. The minimum absolute atomic E-state index is 0.196. The summed E-state index contributed by atoms with van der Waals surface area (Å²) in [6, 6.07) is 14.8. The van der Waals surface area contributed by atoms with Gasteiger partial charge >= 0.3 is 5.97 Å². The minimum Gasteiger partial charge on any atom is -0.478 e. The van der Waals surface area contributed by atoms with E-state index in [0.717, 1.165) is 36.1 Å². The summed E-state index contributed by atoms with van der Waals surface area (Å²) in [5.41, 5.74) is 3.80. The molecular formula is C24H22FNO2S. The van der Waals surface area contributed by atoms with Gasteiger partial charge in [-0.05, 0) is 85.0 Å². The van der Waals surface area contributed by atoms with E-state index >= 15 is 0 Å². The van der Waals surface area contributed by atoms with Gasteiger partial charge in [0.05, 0.1) is 5.56 Å². The van der Waals surface area contributed by atoms with Crippen molar-refractivity contribution in [3.8, 4) is 0 Å². The third-order valence-corrected chi connectivity index (χ3v) is 6.55. The molecular weight excluding hydrogens is 385 g/mol. The lowest BCUT2D eigenvalue weighted by atomic mass is 9.80. The average Bonchev–Trinajstić information content (AvgIpc) is 2.74. The number of fused-ring (bicyclic) bond motifs is 1. The van der Waals surface area contributed by atoms with Crippen LogP contribution in [0.15, 0.2) is 70.7 Å². The van der Waals surface area contributed by atoms with Crippen LogP contribution in [0.5, 0.6) is 0 Å². The van der Waals surface area contributed by atoms with Crippen LogP contribution in [0, 0.1) is 5.82 Å². The molecule has 0 radical (unpaired) electrons. The van der Waals surface area contributed by atoms with E-state index in [4.69, 9.17) is 0 Å². The Labute approximate surface area is 174 Å². The van der Waals surface area contributed by atoms with Crippen LogP contribution in [0.1, 0.15) is 52.2 Å². The van der Waals surface area contributed by atoms with Crippen LogP contribution in [-0.4, -0.2) is 16.1 Å². The van der Waals surface area contributed by atoms with Crippen LogP contribution in [0.25, 0.3) is 0 Å². The summed E-state index contributed by atoms with van der Waals surface area (Å²) in [6.45, 7) is 0. The number of aromatic nitrogens is 1. The van der Waals surface area contributed by atoms with Gasteiger partial charge in [0.2, 0.25) is 0 Å². The Kier molecular flexibility index (Phi) is 5.95. The standard InChI is InChI=1S/C24H22FNO2S/c25-22-6-1-2-7-23(22)29-19-10-11-20-16(4-3-5-17(20)14-19)8-9-18-15-26-13-12-21(18)24(27)28/h1-2,6-7,10-16H,3-5,8-9H2,(H,27,28)/t16-/m0/s1. The number of hydrogen-bond donors (Lipinski definition) is 1. The molecule has 5 heteroatoms. The van der Waals surface area contributed by atoms with Crippen molar-refractivity contribution in [1.82, 2.24) is 4.98 Å². The first-order valence-corrected chi connectivity index (χ1v) is 10.6. The SMILES string of the molecule is O=C(O)c1ccncc1CC[C@@H]1CCCc2cc(Sc3ccccc3F)ccc21. The quantitative estimate of drug-likeness (QED) is 0.535. The number of aromatic carboxylic acids is 1. The molecule has 0 unspecified atom stereocenters. The highest BCUT2D eigenvalue weighted by Crippen LogP contribution is 2.38. The molecule has 0 fully saturated rings. The van der Waals surface area contributed by atoms with E-state index in [1.165, 1.54) is 35.2 Å². The highest BCUT2D eigenvalue weighted by atomic mass is 32.2. The van der Waals surface area contributed by atoms with Crippen molar-refractivity contribution in [3.05, 3.63) is 89.0 Å². The molecule has 3 aromatic rings. The van der Waals surface area contributed by atoms with Gasteiger partial charge in [0.25, 0.3) is 0 Å². The smallest absolute Gasteiger partial charge is 0.336 e. The number of halogens is 1. The second kappa shape index (κ2) is 8.78. The van der Waals surface area contributed by atoms with Gasteiger partial charge < -0.3 is 5.11 Å². The monoisotopic (exact) mass is 407 g/mol. The molecule has 0 saturated carbocycles. The molecule has 148 valence electrons. The van der Waals surface area contributed by atoms with Gasteiger partial charge in [0.1, 0.15) is 5.82 Å². The second-order valence-electron chi connectivity index (χ2n) is 7.36. The first kappa shape index (κ1) is 19.6. The summed E-state index contributed by atoms with van der Waals surface area (Å²) < 4.78 is 14.0. The zero-order chi connectivity index (χ0) is 20.2. The Morgan fingerprint density at radius 1 is 1.21 bits per heavy atom. The molecule has 1 heterocycles. The first-order chi connectivity index (χ1) is 14.1. The zero-order valence-corrected chi connectivity index (χ0v) is 16.8. The lowest BCUT2D eigenvalue weighted by Gasteiger charge is -2.26. The van der Waals surface area contributed by atoms with Crippen molar-refractivity contribution in [1.29, 1.82) is 0 Å². The van der Waals surface area contributed by atoms with Gasteiger partial charge in [-0.25, -0.2) is 9.18 Å². The summed E-state index contributed by atoms with van der Waals surface area (Å²) in [5, 5.41) is 9.37. The molecule has 1 aliphatic carbocycles. The summed E-state index contributed by atoms with van der Waals surface area (Å²) in [7, 11) is 0. The molecule has 1 aromatic heterocycles. The zero-order valence-electron chi connectivity index (χ0n) is 16.0. The third-order valence-electron chi connectivity index (χ3n) is 5.51. The molecule has 29 heavy (non-hydrogen) atoms. The summed E-state index contributed by atoms with van der Waals surface area (Å²) in [5.74, 6) is -0.687. The highest BCUT2D eigenvalue weighted by molar-refractivity contribution is 7.99. The average molecular weight is 408 g/mol. The predicted octanol–water partition coefficient (Wildman–Crippen LogP) is 6.12. The molecule has 1 N–H and O–H groups in total. The molecule has 1 atom stereocenters. The van der Waals surface area contributed by atoms with E-state index in [1.54, 1.807) is 24.4 Å².